The lowest BCUT2D eigenvalue weighted by atomic mass is 9.76. The Hall–Kier alpha value is -3.55. The first-order valence-corrected chi connectivity index (χ1v) is 11.6. The zero-order valence-electron chi connectivity index (χ0n) is 21.2. The number of phenolic OH excluding ortho intramolecular Hbond substituents is 1. The van der Waals surface area contributed by atoms with Gasteiger partial charge in [0.1, 0.15) is 6.10 Å². The Morgan fingerprint density at radius 2 is 1.77 bits per heavy atom. The highest BCUT2D eigenvalue weighted by atomic mass is 16.7. The van der Waals surface area contributed by atoms with Crippen LogP contribution in [0.2, 0.25) is 0 Å². The summed E-state index contributed by atoms with van der Waals surface area (Å²) in [5, 5.41) is 11.5. The van der Waals surface area contributed by atoms with E-state index >= 15 is 0 Å². The lowest BCUT2D eigenvalue weighted by Gasteiger charge is -2.35. The smallest absolute Gasteiger partial charge is 0.333 e. The number of aromatic hydroxyl groups is 1. The molecule has 188 valence electrons. The minimum absolute atomic E-state index is 0.0352. The van der Waals surface area contributed by atoms with Crippen LogP contribution in [-0.2, 0) is 16.0 Å². The molecule has 2 aromatic rings. The van der Waals surface area contributed by atoms with Crippen LogP contribution in [0.3, 0.4) is 0 Å². The third-order valence-electron chi connectivity index (χ3n) is 7.04. The molecule has 2 aliphatic rings. The summed E-state index contributed by atoms with van der Waals surface area (Å²) in [5.41, 5.74) is 3.12. The number of hydrogen-bond acceptors (Lipinski definition) is 8. The Morgan fingerprint density at radius 1 is 1.06 bits per heavy atom. The first-order chi connectivity index (χ1) is 16.8. The van der Waals surface area contributed by atoms with Gasteiger partial charge in [-0.3, -0.25) is 0 Å². The Labute approximate surface area is 205 Å². The molecule has 1 aliphatic carbocycles. The zero-order chi connectivity index (χ0) is 25.4. The number of benzene rings is 2. The van der Waals surface area contributed by atoms with Crippen LogP contribution < -0.4 is 23.7 Å². The van der Waals surface area contributed by atoms with Gasteiger partial charge in [-0.2, -0.15) is 0 Å². The summed E-state index contributed by atoms with van der Waals surface area (Å²) in [5.74, 6) is 1.47. The molecule has 0 saturated carbocycles. The molecule has 8 heteroatoms. The minimum atomic E-state index is -0.633. The van der Waals surface area contributed by atoms with Gasteiger partial charge in [-0.15, -0.1) is 0 Å². The van der Waals surface area contributed by atoms with Crippen molar-refractivity contribution in [2.45, 2.75) is 40.2 Å². The molecule has 0 amide bonds. The van der Waals surface area contributed by atoms with E-state index in [0.29, 0.717) is 51.7 Å². The number of methoxy groups -OCH3 is 3. The molecule has 1 heterocycles. The molecule has 4 rings (SSSR count). The van der Waals surface area contributed by atoms with E-state index in [4.69, 9.17) is 28.4 Å². The van der Waals surface area contributed by atoms with E-state index in [1.165, 1.54) is 21.3 Å². The standard InChI is InChI=1S/C27H32O8/c1-8-13(2)27(29)35-23-15(4)14(3)9-16-10-18(30-5)24(31-6)22(28)20(16)21-17(23)11-19-25(26(21)32-7)34-12-33-19/h8,10-11,14-15,23,28H,9,12H2,1-7H3/b13-8+. The first-order valence-electron chi connectivity index (χ1n) is 11.6. The van der Waals surface area contributed by atoms with Gasteiger partial charge in [-0.05, 0) is 43.9 Å². The fourth-order valence-corrected chi connectivity index (χ4v) is 4.79. The molecule has 2 aromatic carbocycles. The van der Waals surface area contributed by atoms with E-state index in [0.717, 1.165) is 5.56 Å². The molecule has 3 atom stereocenters. The summed E-state index contributed by atoms with van der Waals surface area (Å²) < 4.78 is 34.4. The number of allylic oxidation sites excluding steroid dienone is 1. The highest BCUT2D eigenvalue weighted by Gasteiger charge is 2.39. The van der Waals surface area contributed by atoms with Gasteiger partial charge in [0.15, 0.2) is 23.0 Å². The largest absolute Gasteiger partial charge is 0.504 e. The number of rotatable bonds is 5. The van der Waals surface area contributed by atoms with Crippen molar-refractivity contribution in [3.05, 3.63) is 34.9 Å². The normalized spacial score (nSPS) is 20.8. The van der Waals surface area contributed by atoms with E-state index in [1.54, 1.807) is 19.9 Å². The van der Waals surface area contributed by atoms with Crippen LogP contribution in [-0.4, -0.2) is 39.2 Å². The van der Waals surface area contributed by atoms with Gasteiger partial charge in [0.25, 0.3) is 0 Å². The zero-order valence-corrected chi connectivity index (χ0v) is 21.2. The molecule has 0 bridgehead atoms. The molecule has 0 fully saturated rings. The first kappa shape index (κ1) is 24.6. The second-order valence-corrected chi connectivity index (χ2v) is 8.94. The molecule has 35 heavy (non-hydrogen) atoms. The van der Waals surface area contributed by atoms with Crippen LogP contribution in [0.1, 0.15) is 44.9 Å². The average molecular weight is 485 g/mol. The van der Waals surface area contributed by atoms with Crippen LogP contribution in [0.4, 0.5) is 0 Å². The van der Waals surface area contributed by atoms with Gasteiger partial charge in [-0.1, -0.05) is 19.9 Å². The molecule has 3 unspecified atom stereocenters. The predicted molar refractivity (Wildman–Crippen MR) is 130 cm³/mol. The molecular formula is C27H32O8. The van der Waals surface area contributed by atoms with Gasteiger partial charge < -0.3 is 33.5 Å². The Bertz CT molecular complexity index is 1180. The van der Waals surface area contributed by atoms with E-state index in [1.807, 2.05) is 12.1 Å². The minimum Gasteiger partial charge on any atom is -0.504 e. The van der Waals surface area contributed by atoms with Gasteiger partial charge in [0, 0.05) is 28.2 Å². The van der Waals surface area contributed by atoms with Gasteiger partial charge in [0.2, 0.25) is 18.3 Å². The monoisotopic (exact) mass is 484 g/mol. The number of phenols is 1. The predicted octanol–water partition coefficient (Wildman–Crippen LogP) is 5.19. The lowest BCUT2D eigenvalue weighted by Crippen LogP contribution is -2.26. The maximum Gasteiger partial charge on any atom is 0.333 e. The lowest BCUT2D eigenvalue weighted by molar-refractivity contribution is -0.148. The van der Waals surface area contributed by atoms with Crippen molar-refractivity contribution in [3.8, 4) is 45.6 Å². The molecule has 0 spiro atoms. The molecular weight excluding hydrogens is 452 g/mol. The van der Waals surface area contributed by atoms with Crippen LogP contribution in [0.5, 0.6) is 34.5 Å². The molecule has 0 aromatic heterocycles. The topological polar surface area (TPSA) is 92.7 Å². The van der Waals surface area contributed by atoms with Crippen LogP contribution in [0, 0.1) is 11.8 Å². The number of carbonyl (C=O) groups excluding carboxylic acids is 1. The van der Waals surface area contributed by atoms with Crippen molar-refractivity contribution in [1.82, 2.24) is 0 Å². The van der Waals surface area contributed by atoms with Crippen molar-refractivity contribution in [1.29, 1.82) is 0 Å². The summed E-state index contributed by atoms with van der Waals surface area (Å²) in [6.45, 7) is 7.71. The SMILES string of the molecule is C/C=C(\C)C(=O)OC1c2cc3c(c(OC)c2-c2c(cc(OC)c(OC)c2O)CC(C)C1C)OCO3. The van der Waals surface area contributed by atoms with Crippen LogP contribution >= 0.6 is 0 Å². The van der Waals surface area contributed by atoms with Crippen molar-refractivity contribution in [2.24, 2.45) is 11.8 Å². The maximum absolute atomic E-state index is 12.9. The summed E-state index contributed by atoms with van der Waals surface area (Å²) in [6.07, 6.45) is 1.68. The van der Waals surface area contributed by atoms with Gasteiger partial charge >= 0.3 is 5.97 Å². The van der Waals surface area contributed by atoms with Crippen LogP contribution in [0.15, 0.2) is 23.8 Å². The fraction of sp³-hybridized carbons (Fsp3) is 0.444. The highest BCUT2D eigenvalue weighted by molar-refractivity contribution is 5.90. The third-order valence-corrected chi connectivity index (χ3v) is 7.04. The number of fused-ring (bicyclic) bond motifs is 4. The molecule has 0 radical (unpaired) electrons. The highest BCUT2D eigenvalue weighted by Crippen LogP contribution is 2.58. The summed E-state index contributed by atoms with van der Waals surface area (Å²) in [6, 6.07) is 3.69. The number of hydrogen-bond donors (Lipinski definition) is 1. The van der Waals surface area contributed by atoms with E-state index < -0.39 is 12.1 Å². The van der Waals surface area contributed by atoms with E-state index in [9.17, 15) is 9.90 Å². The molecule has 8 nitrogen and oxygen atoms in total. The Morgan fingerprint density at radius 3 is 2.40 bits per heavy atom. The second-order valence-electron chi connectivity index (χ2n) is 8.94. The second kappa shape index (κ2) is 9.60. The Kier molecular flexibility index (Phi) is 6.74. The van der Waals surface area contributed by atoms with Crippen molar-refractivity contribution >= 4 is 5.97 Å². The Balaban J connectivity index is 2.09. The third kappa shape index (κ3) is 4.00. The van der Waals surface area contributed by atoms with Crippen molar-refractivity contribution in [2.75, 3.05) is 28.1 Å². The van der Waals surface area contributed by atoms with E-state index in [-0.39, 0.29) is 30.1 Å². The summed E-state index contributed by atoms with van der Waals surface area (Å²) >= 11 is 0. The summed E-state index contributed by atoms with van der Waals surface area (Å²) in [7, 11) is 4.54. The summed E-state index contributed by atoms with van der Waals surface area (Å²) in [4.78, 5) is 12.9. The van der Waals surface area contributed by atoms with Crippen LogP contribution in [0.25, 0.3) is 11.1 Å². The number of esters is 1. The van der Waals surface area contributed by atoms with E-state index in [2.05, 4.69) is 13.8 Å². The van der Waals surface area contributed by atoms with Crippen molar-refractivity contribution < 1.29 is 38.3 Å². The average Bonchev–Trinajstić information content (AvgIpc) is 3.33. The van der Waals surface area contributed by atoms with Gasteiger partial charge in [0.05, 0.1) is 21.3 Å². The molecule has 0 saturated heterocycles. The molecule has 1 N–H and O–H groups in total. The quantitative estimate of drug-likeness (QED) is 0.458. The maximum atomic E-state index is 12.9. The number of carbonyl (C=O) groups is 1. The fourth-order valence-electron chi connectivity index (χ4n) is 4.79. The van der Waals surface area contributed by atoms with Gasteiger partial charge in [-0.25, -0.2) is 4.79 Å². The molecule has 1 aliphatic heterocycles. The van der Waals surface area contributed by atoms with Crippen molar-refractivity contribution in [3.63, 3.8) is 0 Å². The number of ether oxygens (including phenoxy) is 6.